The molecule has 5 nitrogen and oxygen atoms in total. The van der Waals surface area contributed by atoms with Crippen molar-refractivity contribution in [2.75, 3.05) is 6.54 Å². The molecule has 0 aliphatic carbocycles. The molecule has 6 heteroatoms. The molecule has 60 valence electrons. The first kappa shape index (κ1) is 13.1. The van der Waals surface area contributed by atoms with Gasteiger partial charge in [0.2, 0.25) is 5.91 Å². The van der Waals surface area contributed by atoms with Crippen LogP contribution in [0.3, 0.4) is 0 Å². The maximum absolute atomic E-state index is 10.6. The van der Waals surface area contributed by atoms with Crippen LogP contribution in [0, 0.1) is 0 Å². The van der Waals surface area contributed by atoms with Gasteiger partial charge in [0.1, 0.15) is 0 Å². The van der Waals surface area contributed by atoms with Crippen LogP contribution >= 0.6 is 0 Å². The molecular formula is C5H9NO4Zn. The zero-order valence-corrected chi connectivity index (χ0v) is 9.01. The van der Waals surface area contributed by atoms with E-state index < -0.39 is 6.09 Å². The Morgan fingerprint density at radius 2 is 2.09 bits per heavy atom. The van der Waals surface area contributed by atoms with E-state index in [0.29, 0.717) is 19.4 Å². The molecule has 1 fully saturated rings. The first-order valence-electron chi connectivity index (χ1n) is 2.75. The molecule has 1 heterocycles. The third kappa shape index (κ3) is 2.95. The van der Waals surface area contributed by atoms with E-state index >= 15 is 0 Å². The van der Waals surface area contributed by atoms with Gasteiger partial charge in [-0.15, -0.1) is 0 Å². The van der Waals surface area contributed by atoms with Crippen molar-refractivity contribution in [2.24, 2.45) is 0 Å². The normalized spacial score (nSPS) is 15.3. The minimum Gasteiger partial charge on any atom is -0.465 e. The van der Waals surface area contributed by atoms with Gasteiger partial charge >= 0.3 is 6.09 Å². The van der Waals surface area contributed by atoms with Gasteiger partial charge < -0.3 is 10.6 Å². The summed E-state index contributed by atoms with van der Waals surface area (Å²) in [5, 5.41) is 8.29. The molecule has 0 saturated carbocycles. The second kappa shape index (κ2) is 5.21. The summed E-state index contributed by atoms with van der Waals surface area (Å²) in [5.74, 6) is -0.275. The van der Waals surface area contributed by atoms with Crippen molar-refractivity contribution in [1.82, 2.24) is 4.90 Å². The molecule has 0 unspecified atom stereocenters. The molecule has 1 saturated heterocycles. The Balaban J connectivity index is 0. The average molecular weight is 213 g/mol. The van der Waals surface area contributed by atoms with Crippen LogP contribution in [0.15, 0.2) is 0 Å². The van der Waals surface area contributed by atoms with Crippen molar-refractivity contribution in [2.45, 2.75) is 12.8 Å². The quantitative estimate of drug-likeness (QED) is 0.547. The number of likely N-dealkylation sites (tertiary alicyclic amines) is 1. The summed E-state index contributed by atoms with van der Waals surface area (Å²) in [6, 6.07) is 0. The van der Waals surface area contributed by atoms with E-state index in [1.165, 1.54) is 0 Å². The van der Waals surface area contributed by atoms with Gasteiger partial charge in [0.15, 0.2) is 0 Å². The van der Waals surface area contributed by atoms with Crippen molar-refractivity contribution in [3.05, 3.63) is 0 Å². The van der Waals surface area contributed by atoms with Gasteiger partial charge in [0, 0.05) is 32.4 Å². The van der Waals surface area contributed by atoms with Crippen molar-refractivity contribution in [1.29, 1.82) is 0 Å². The molecule has 0 aromatic heterocycles. The number of amides is 2. The standard InChI is InChI=1S/C5H7NO3.H2O.Zn/c7-4-2-1-3-6(4)5(8)9;;/h1-3H2,(H,8,9);1H2;. The fraction of sp³-hybridized carbons (Fsp3) is 0.600. The zero-order chi connectivity index (χ0) is 6.85. The number of hydrogen-bond acceptors (Lipinski definition) is 2. The number of imide groups is 1. The molecule has 1 aliphatic heterocycles. The van der Waals surface area contributed by atoms with Gasteiger partial charge in [0.05, 0.1) is 0 Å². The fourth-order valence-electron chi connectivity index (χ4n) is 0.850. The van der Waals surface area contributed by atoms with E-state index in [1.807, 2.05) is 0 Å². The number of carbonyl (C=O) groups excluding carboxylic acids is 1. The SMILES string of the molecule is O.O=C(O)N1CCCC1=O.[Zn]. The van der Waals surface area contributed by atoms with E-state index in [0.717, 1.165) is 4.90 Å². The second-order valence-electron chi connectivity index (χ2n) is 1.93. The second-order valence-corrected chi connectivity index (χ2v) is 1.93. The topological polar surface area (TPSA) is 89.1 Å². The summed E-state index contributed by atoms with van der Waals surface area (Å²) >= 11 is 0. The van der Waals surface area contributed by atoms with Crippen LogP contribution in [0.5, 0.6) is 0 Å². The molecule has 1 aliphatic rings. The molecule has 0 aromatic rings. The maximum atomic E-state index is 10.6. The first-order valence-corrected chi connectivity index (χ1v) is 2.75. The summed E-state index contributed by atoms with van der Waals surface area (Å²) in [7, 11) is 0. The molecule has 2 amide bonds. The van der Waals surface area contributed by atoms with Crippen molar-refractivity contribution >= 4 is 12.0 Å². The van der Waals surface area contributed by atoms with Gasteiger partial charge in [0.25, 0.3) is 0 Å². The predicted octanol–water partition coefficient (Wildman–Crippen LogP) is -0.540. The summed E-state index contributed by atoms with van der Waals surface area (Å²) < 4.78 is 0. The number of carboxylic acid groups (broad SMARTS) is 1. The molecule has 1 rings (SSSR count). The zero-order valence-electron chi connectivity index (χ0n) is 6.04. The third-order valence-corrected chi connectivity index (χ3v) is 1.30. The van der Waals surface area contributed by atoms with E-state index in [1.54, 1.807) is 0 Å². The summed E-state index contributed by atoms with van der Waals surface area (Å²) in [5.41, 5.74) is 0. The molecule has 0 aromatic carbocycles. The Morgan fingerprint density at radius 3 is 2.27 bits per heavy atom. The number of hydrogen-bond donors (Lipinski definition) is 1. The van der Waals surface area contributed by atoms with Crippen LogP contribution in [-0.2, 0) is 24.3 Å². The monoisotopic (exact) mass is 211 g/mol. The first-order chi connectivity index (χ1) is 4.22. The fourth-order valence-corrected chi connectivity index (χ4v) is 0.850. The van der Waals surface area contributed by atoms with E-state index in [-0.39, 0.29) is 30.9 Å². The largest absolute Gasteiger partial charge is 0.465 e. The average Bonchev–Trinajstić information content (AvgIpc) is 2.13. The summed E-state index contributed by atoms with van der Waals surface area (Å²) in [6.07, 6.45) is -0.0743. The molecule has 0 spiro atoms. The smallest absolute Gasteiger partial charge is 0.414 e. The Morgan fingerprint density at radius 1 is 1.55 bits per heavy atom. The van der Waals surface area contributed by atoms with Crippen LogP contribution in [-0.4, -0.2) is 34.0 Å². The van der Waals surface area contributed by atoms with Gasteiger partial charge in [-0.25, -0.2) is 9.69 Å². The van der Waals surface area contributed by atoms with Gasteiger partial charge in [-0.3, -0.25) is 4.79 Å². The Bertz CT molecular complexity index is 161. The van der Waals surface area contributed by atoms with Gasteiger partial charge in [-0.1, -0.05) is 0 Å². The number of rotatable bonds is 0. The van der Waals surface area contributed by atoms with Crippen LogP contribution in [0.2, 0.25) is 0 Å². The van der Waals surface area contributed by atoms with Gasteiger partial charge in [-0.05, 0) is 6.42 Å². The van der Waals surface area contributed by atoms with Crippen LogP contribution < -0.4 is 0 Å². The Labute approximate surface area is 76.4 Å². The minimum atomic E-state index is -1.13. The Hall–Kier alpha value is -0.477. The summed E-state index contributed by atoms with van der Waals surface area (Å²) in [4.78, 5) is 21.5. The molecular weight excluding hydrogens is 203 g/mol. The summed E-state index contributed by atoms with van der Waals surface area (Å²) in [6.45, 7) is 0.369. The molecule has 11 heavy (non-hydrogen) atoms. The molecule has 0 atom stereocenters. The van der Waals surface area contributed by atoms with Gasteiger partial charge in [-0.2, -0.15) is 0 Å². The molecule has 0 radical (unpaired) electrons. The van der Waals surface area contributed by atoms with Crippen molar-refractivity contribution < 1.29 is 39.6 Å². The predicted molar refractivity (Wildman–Crippen MR) is 32.6 cm³/mol. The van der Waals surface area contributed by atoms with Crippen LogP contribution in [0.25, 0.3) is 0 Å². The van der Waals surface area contributed by atoms with Crippen molar-refractivity contribution in [3.63, 3.8) is 0 Å². The van der Waals surface area contributed by atoms with Crippen LogP contribution in [0.4, 0.5) is 4.79 Å². The van der Waals surface area contributed by atoms with Crippen molar-refractivity contribution in [3.8, 4) is 0 Å². The molecule has 3 N–H and O–H groups in total. The third-order valence-electron chi connectivity index (χ3n) is 1.30. The van der Waals surface area contributed by atoms with E-state index in [4.69, 9.17) is 5.11 Å². The molecule has 0 bridgehead atoms. The van der Waals surface area contributed by atoms with E-state index in [2.05, 4.69) is 0 Å². The maximum Gasteiger partial charge on any atom is 0.414 e. The number of carbonyl (C=O) groups is 2. The van der Waals surface area contributed by atoms with Crippen LogP contribution in [0.1, 0.15) is 12.8 Å². The number of nitrogens with zero attached hydrogens (tertiary/aromatic N) is 1. The minimum absolute atomic E-state index is 0. The Kier molecular flexibility index (Phi) is 6.22. The van der Waals surface area contributed by atoms with E-state index in [9.17, 15) is 9.59 Å².